The van der Waals surface area contributed by atoms with Crippen molar-refractivity contribution in [1.82, 2.24) is 5.16 Å². The second-order valence-corrected chi connectivity index (χ2v) is 4.24. The summed E-state index contributed by atoms with van der Waals surface area (Å²) < 4.78 is 5.15. The molecule has 16 heavy (non-hydrogen) atoms. The fraction of sp³-hybridized carbons (Fsp3) is 0.250. The molecule has 0 aliphatic heterocycles. The zero-order valence-electron chi connectivity index (χ0n) is 8.76. The first kappa shape index (κ1) is 11.5. The van der Waals surface area contributed by atoms with Crippen LogP contribution in [-0.2, 0) is 6.42 Å². The second-order valence-electron chi connectivity index (χ2n) is 3.43. The van der Waals surface area contributed by atoms with Gasteiger partial charge in [-0.3, -0.25) is 0 Å². The van der Waals surface area contributed by atoms with Crippen LogP contribution in [0.1, 0.15) is 19.1 Å². The molecule has 0 amide bonds. The summed E-state index contributed by atoms with van der Waals surface area (Å²) in [5.74, 6) is 0.730. The smallest absolute Gasteiger partial charge is 0.145 e. The van der Waals surface area contributed by atoms with Crippen LogP contribution in [0.4, 0.5) is 0 Å². The molecule has 0 fully saturated rings. The van der Waals surface area contributed by atoms with Crippen molar-refractivity contribution in [1.29, 1.82) is 0 Å². The van der Waals surface area contributed by atoms with Crippen LogP contribution in [0.25, 0.3) is 11.3 Å². The highest BCUT2D eigenvalue weighted by Gasteiger charge is 2.13. The normalized spacial score (nSPS) is 10.7. The number of nitrogens with zero attached hydrogens (tertiary/aromatic N) is 1. The SMILES string of the molecule is CCCc1[c]c(-c2c(Cl)cccc2Cl)no1. The Labute approximate surface area is 104 Å². The lowest BCUT2D eigenvalue weighted by molar-refractivity contribution is 0.384. The molecule has 2 rings (SSSR count). The monoisotopic (exact) mass is 254 g/mol. The molecular weight excluding hydrogens is 245 g/mol. The highest BCUT2D eigenvalue weighted by molar-refractivity contribution is 6.39. The maximum atomic E-state index is 6.06. The Bertz CT molecular complexity index is 473. The van der Waals surface area contributed by atoms with E-state index >= 15 is 0 Å². The van der Waals surface area contributed by atoms with Gasteiger partial charge >= 0.3 is 0 Å². The Morgan fingerprint density at radius 3 is 2.62 bits per heavy atom. The molecule has 0 spiro atoms. The van der Waals surface area contributed by atoms with Gasteiger partial charge in [0.1, 0.15) is 11.5 Å². The molecule has 0 N–H and O–H groups in total. The molecule has 0 aliphatic rings. The van der Waals surface area contributed by atoms with E-state index in [2.05, 4.69) is 18.1 Å². The second kappa shape index (κ2) is 4.89. The third kappa shape index (κ3) is 2.23. The maximum Gasteiger partial charge on any atom is 0.145 e. The van der Waals surface area contributed by atoms with Crippen molar-refractivity contribution in [3.8, 4) is 11.3 Å². The van der Waals surface area contributed by atoms with E-state index in [9.17, 15) is 0 Å². The van der Waals surface area contributed by atoms with E-state index in [0.29, 0.717) is 21.3 Å². The van der Waals surface area contributed by atoms with Gasteiger partial charge in [0.15, 0.2) is 0 Å². The number of aromatic nitrogens is 1. The fourth-order valence-electron chi connectivity index (χ4n) is 1.45. The summed E-state index contributed by atoms with van der Waals surface area (Å²) in [6.07, 6.45) is 1.80. The molecule has 1 radical (unpaired) electrons. The molecule has 0 atom stereocenters. The zero-order valence-corrected chi connectivity index (χ0v) is 10.3. The summed E-state index contributed by atoms with van der Waals surface area (Å²) in [6.45, 7) is 2.07. The number of halogens is 2. The number of rotatable bonds is 3. The maximum absolute atomic E-state index is 6.06. The van der Waals surface area contributed by atoms with Gasteiger partial charge in [-0.1, -0.05) is 41.3 Å². The summed E-state index contributed by atoms with van der Waals surface area (Å²) in [4.78, 5) is 0. The van der Waals surface area contributed by atoms with Crippen molar-refractivity contribution >= 4 is 23.2 Å². The van der Waals surface area contributed by atoms with Gasteiger partial charge in [-0.25, -0.2) is 0 Å². The number of benzene rings is 1. The van der Waals surface area contributed by atoms with Crippen LogP contribution in [0.3, 0.4) is 0 Å². The van der Waals surface area contributed by atoms with Gasteiger partial charge < -0.3 is 4.52 Å². The first-order valence-electron chi connectivity index (χ1n) is 5.04. The number of hydrogen-bond acceptors (Lipinski definition) is 2. The Hall–Kier alpha value is -0.990. The number of aryl methyl sites for hydroxylation is 1. The third-order valence-electron chi connectivity index (χ3n) is 2.18. The minimum absolute atomic E-state index is 0.556. The highest BCUT2D eigenvalue weighted by atomic mass is 35.5. The van der Waals surface area contributed by atoms with Gasteiger partial charge in [0.25, 0.3) is 0 Å². The fourth-order valence-corrected chi connectivity index (χ4v) is 2.02. The lowest BCUT2D eigenvalue weighted by Crippen LogP contribution is -1.81. The summed E-state index contributed by atoms with van der Waals surface area (Å²) in [7, 11) is 0. The molecule has 0 aliphatic carbocycles. The van der Waals surface area contributed by atoms with Gasteiger partial charge in [0, 0.05) is 12.0 Å². The van der Waals surface area contributed by atoms with Crippen LogP contribution in [0.2, 0.25) is 10.0 Å². The summed E-state index contributed by atoms with van der Waals surface area (Å²) in [5, 5.41) is 5.04. The predicted molar refractivity (Wildman–Crippen MR) is 64.8 cm³/mol. The van der Waals surface area contributed by atoms with E-state index in [1.54, 1.807) is 18.2 Å². The van der Waals surface area contributed by atoms with Crippen molar-refractivity contribution in [3.05, 3.63) is 40.1 Å². The molecule has 1 aromatic heterocycles. The topological polar surface area (TPSA) is 26.0 Å². The van der Waals surface area contributed by atoms with Crippen molar-refractivity contribution in [2.45, 2.75) is 19.8 Å². The van der Waals surface area contributed by atoms with E-state index in [-0.39, 0.29) is 0 Å². The molecule has 1 heterocycles. The van der Waals surface area contributed by atoms with E-state index in [4.69, 9.17) is 27.7 Å². The first-order chi connectivity index (χ1) is 7.72. The van der Waals surface area contributed by atoms with Crippen molar-refractivity contribution in [3.63, 3.8) is 0 Å². The van der Waals surface area contributed by atoms with Crippen molar-refractivity contribution < 1.29 is 4.52 Å². The van der Waals surface area contributed by atoms with Crippen LogP contribution in [0.5, 0.6) is 0 Å². The van der Waals surface area contributed by atoms with Gasteiger partial charge in [-0.15, -0.1) is 0 Å². The molecule has 0 saturated heterocycles. The molecule has 2 aromatic rings. The van der Waals surface area contributed by atoms with Gasteiger partial charge in [-0.2, -0.15) is 0 Å². The van der Waals surface area contributed by atoms with Crippen LogP contribution < -0.4 is 0 Å². The lowest BCUT2D eigenvalue weighted by atomic mass is 10.1. The summed E-state index contributed by atoms with van der Waals surface area (Å²) in [6, 6.07) is 8.40. The Morgan fingerprint density at radius 1 is 1.31 bits per heavy atom. The van der Waals surface area contributed by atoms with Crippen LogP contribution in [-0.4, -0.2) is 5.16 Å². The van der Waals surface area contributed by atoms with Crippen molar-refractivity contribution in [2.75, 3.05) is 0 Å². The molecule has 4 heteroatoms. The van der Waals surface area contributed by atoms with Gasteiger partial charge in [-0.05, 0) is 18.6 Å². The molecule has 83 valence electrons. The first-order valence-corrected chi connectivity index (χ1v) is 5.80. The van der Waals surface area contributed by atoms with Gasteiger partial charge in [0.05, 0.1) is 16.1 Å². The molecular formula is C12H10Cl2NO. The van der Waals surface area contributed by atoms with E-state index in [1.807, 2.05) is 0 Å². The third-order valence-corrected chi connectivity index (χ3v) is 2.81. The van der Waals surface area contributed by atoms with Crippen LogP contribution in [0.15, 0.2) is 22.7 Å². The predicted octanol–water partition coefficient (Wildman–Crippen LogP) is 4.40. The van der Waals surface area contributed by atoms with Crippen LogP contribution >= 0.6 is 23.2 Å². The largest absolute Gasteiger partial charge is 0.360 e. The average Bonchev–Trinajstić information content (AvgIpc) is 2.67. The molecule has 0 unspecified atom stereocenters. The van der Waals surface area contributed by atoms with E-state index in [1.165, 1.54) is 0 Å². The molecule has 1 aromatic carbocycles. The van der Waals surface area contributed by atoms with Gasteiger partial charge in [0.2, 0.25) is 0 Å². The average molecular weight is 255 g/mol. The Balaban J connectivity index is 2.42. The van der Waals surface area contributed by atoms with E-state index in [0.717, 1.165) is 18.6 Å². The number of hydrogen-bond donors (Lipinski definition) is 0. The quantitative estimate of drug-likeness (QED) is 0.812. The standard InChI is InChI=1S/C12H10Cl2NO/c1-2-4-8-7-11(15-16-8)12-9(13)5-3-6-10(12)14/h3,5-6H,2,4H2,1H3. The summed E-state index contributed by atoms with van der Waals surface area (Å²) >= 11 is 12.1. The van der Waals surface area contributed by atoms with Crippen LogP contribution in [0, 0.1) is 6.07 Å². The Kier molecular flexibility index (Phi) is 3.52. The highest BCUT2D eigenvalue weighted by Crippen LogP contribution is 2.33. The molecule has 0 saturated carbocycles. The van der Waals surface area contributed by atoms with Crippen molar-refractivity contribution in [2.24, 2.45) is 0 Å². The molecule has 0 bridgehead atoms. The lowest BCUT2D eigenvalue weighted by Gasteiger charge is -2.01. The minimum Gasteiger partial charge on any atom is -0.360 e. The zero-order chi connectivity index (χ0) is 11.5. The Morgan fingerprint density at radius 2 is 2.00 bits per heavy atom. The van der Waals surface area contributed by atoms with E-state index < -0.39 is 0 Å². The molecule has 2 nitrogen and oxygen atoms in total. The minimum atomic E-state index is 0.556. The summed E-state index contributed by atoms with van der Waals surface area (Å²) in [5.41, 5.74) is 1.25.